The molecule has 0 aliphatic rings. The maximum atomic E-state index is 9.86. The number of pyridine rings is 1. The first-order valence-corrected chi connectivity index (χ1v) is 5.07. The van der Waals surface area contributed by atoms with E-state index >= 15 is 0 Å². The molecule has 0 radical (unpaired) electrons. The van der Waals surface area contributed by atoms with Gasteiger partial charge >= 0.3 is 0 Å². The first-order chi connectivity index (χ1) is 7.44. The zero-order valence-corrected chi connectivity index (χ0v) is 9.57. The molecule has 0 bridgehead atoms. The lowest BCUT2D eigenvalue weighted by Crippen LogP contribution is -2.40. The van der Waals surface area contributed by atoms with Gasteiger partial charge < -0.3 is 10.8 Å². The summed E-state index contributed by atoms with van der Waals surface area (Å²) in [6.45, 7) is 4.13. The van der Waals surface area contributed by atoms with E-state index in [1.807, 2.05) is 13.8 Å². The van der Waals surface area contributed by atoms with Crippen LogP contribution in [0.3, 0.4) is 0 Å². The van der Waals surface area contributed by atoms with E-state index in [0.717, 1.165) is 5.56 Å². The molecule has 0 unspecified atom stereocenters. The van der Waals surface area contributed by atoms with Crippen LogP contribution in [-0.2, 0) is 0 Å². The lowest BCUT2D eigenvalue weighted by Gasteiger charge is -2.22. The highest BCUT2D eigenvalue weighted by molar-refractivity contribution is 5.30. The molecule has 0 aliphatic carbocycles. The zero-order valence-electron chi connectivity index (χ0n) is 9.57. The van der Waals surface area contributed by atoms with Crippen molar-refractivity contribution in [2.45, 2.75) is 25.5 Å². The Morgan fingerprint density at radius 1 is 1.62 bits per heavy atom. The predicted octanol–water partition coefficient (Wildman–Crippen LogP) is 0.699. The summed E-state index contributed by atoms with van der Waals surface area (Å²) >= 11 is 0. The van der Waals surface area contributed by atoms with E-state index in [1.54, 1.807) is 18.3 Å². The van der Waals surface area contributed by atoms with Gasteiger partial charge in [0.25, 0.3) is 0 Å². The van der Waals surface area contributed by atoms with Gasteiger partial charge in [-0.3, -0.25) is 5.32 Å². The van der Waals surface area contributed by atoms with E-state index in [4.69, 9.17) is 12.2 Å². The Bertz CT molecular complexity index is 378. The van der Waals surface area contributed by atoms with Crippen LogP contribution >= 0.6 is 0 Å². The molecule has 0 aliphatic heterocycles. The molecule has 0 amide bonds. The minimum Gasteiger partial charge on any atom is -0.387 e. The van der Waals surface area contributed by atoms with Crippen LogP contribution < -0.4 is 11.1 Å². The third kappa shape index (κ3) is 3.54. The lowest BCUT2D eigenvalue weighted by molar-refractivity contribution is 0.167. The van der Waals surface area contributed by atoms with Crippen molar-refractivity contribution in [3.8, 4) is 12.3 Å². The highest BCUT2D eigenvalue weighted by atomic mass is 16.3. The van der Waals surface area contributed by atoms with E-state index in [1.165, 1.54) is 0 Å². The van der Waals surface area contributed by atoms with Gasteiger partial charge in [-0.15, -0.1) is 6.42 Å². The Balaban J connectivity index is 2.57. The molecule has 4 N–H and O–H groups in total. The summed E-state index contributed by atoms with van der Waals surface area (Å²) in [6, 6.07) is 3.41. The molecule has 0 fully saturated rings. The maximum absolute atomic E-state index is 9.86. The number of nitrogens with two attached hydrogens (primary N) is 1. The zero-order chi connectivity index (χ0) is 12.2. The van der Waals surface area contributed by atoms with Crippen LogP contribution in [0.2, 0.25) is 0 Å². The van der Waals surface area contributed by atoms with Crippen molar-refractivity contribution in [3.63, 3.8) is 0 Å². The second kappa shape index (κ2) is 4.97. The smallest absolute Gasteiger partial charge is 0.123 e. The van der Waals surface area contributed by atoms with Crippen molar-refractivity contribution in [2.75, 3.05) is 12.3 Å². The first kappa shape index (κ1) is 12.5. The molecule has 1 aromatic rings. The number of terminal acetylenes is 1. The summed E-state index contributed by atoms with van der Waals surface area (Å²) in [7, 11) is 0. The van der Waals surface area contributed by atoms with Crippen LogP contribution in [-0.4, -0.2) is 22.2 Å². The van der Waals surface area contributed by atoms with Gasteiger partial charge in [-0.05, 0) is 19.9 Å². The molecule has 1 rings (SSSR count). The number of hydrogen-bond donors (Lipinski definition) is 3. The Hall–Kier alpha value is -1.57. The predicted molar refractivity (Wildman–Crippen MR) is 64.5 cm³/mol. The second-order valence-electron chi connectivity index (χ2n) is 4.18. The molecule has 86 valence electrons. The summed E-state index contributed by atoms with van der Waals surface area (Å²) < 4.78 is 0. The number of nitrogens with one attached hydrogen (secondary N) is 1. The minimum atomic E-state index is -0.638. The Kier molecular flexibility index (Phi) is 3.88. The summed E-state index contributed by atoms with van der Waals surface area (Å²) in [5.41, 5.74) is 5.75. The van der Waals surface area contributed by atoms with Crippen LogP contribution in [0.15, 0.2) is 18.3 Å². The maximum Gasteiger partial charge on any atom is 0.123 e. The molecular weight excluding hydrogens is 202 g/mol. The highest BCUT2D eigenvalue weighted by Crippen LogP contribution is 2.12. The van der Waals surface area contributed by atoms with Gasteiger partial charge in [0.05, 0.1) is 11.6 Å². The van der Waals surface area contributed by atoms with Gasteiger partial charge in [0.15, 0.2) is 0 Å². The minimum absolute atomic E-state index is 0.378. The fraction of sp³-hybridized carbons (Fsp3) is 0.417. The number of β-amino-alcohol motifs (C(OH)–C–C–N with tert-alkyl or cyclic N) is 1. The second-order valence-corrected chi connectivity index (χ2v) is 4.18. The van der Waals surface area contributed by atoms with E-state index in [-0.39, 0.29) is 0 Å². The number of nitrogens with zero attached hydrogens (tertiary/aromatic N) is 1. The van der Waals surface area contributed by atoms with Crippen molar-refractivity contribution in [2.24, 2.45) is 0 Å². The average molecular weight is 219 g/mol. The Morgan fingerprint density at radius 3 is 2.81 bits per heavy atom. The number of anilines is 1. The number of aliphatic hydroxyl groups is 1. The van der Waals surface area contributed by atoms with Crippen LogP contribution in [0.25, 0.3) is 0 Å². The topological polar surface area (TPSA) is 71.2 Å². The van der Waals surface area contributed by atoms with Crippen molar-refractivity contribution in [1.82, 2.24) is 10.3 Å². The van der Waals surface area contributed by atoms with E-state index in [0.29, 0.717) is 12.4 Å². The number of nitrogen functional groups attached to an aromatic ring is 1. The Morgan fingerprint density at radius 2 is 2.31 bits per heavy atom. The lowest BCUT2D eigenvalue weighted by atomic mass is 10.1. The van der Waals surface area contributed by atoms with Crippen LogP contribution in [0, 0.1) is 12.3 Å². The van der Waals surface area contributed by atoms with Crippen molar-refractivity contribution >= 4 is 5.82 Å². The first-order valence-electron chi connectivity index (χ1n) is 5.07. The van der Waals surface area contributed by atoms with Gasteiger partial charge in [0.1, 0.15) is 5.82 Å². The largest absolute Gasteiger partial charge is 0.387 e. The fourth-order valence-corrected chi connectivity index (χ4v) is 1.13. The average Bonchev–Trinajstić information content (AvgIpc) is 2.27. The number of aromatic nitrogens is 1. The summed E-state index contributed by atoms with van der Waals surface area (Å²) in [6.07, 6.45) is 6.25. The van der Waals surface area contributed by atoms with E-state index in [2.05, 4.69) is 16.2 Å². The van der Waals surface area contributed by atoms with Gasteiger partial charge in [-0.1, -0.05) is 12.0 Å². The molecule has 0 saturated carbocycles. The van der Waals surface area contributed by atoms with Gasteiger partial charge in [-0.25, -0.2) is 4.98 Å². The molecule has 4 heteroatoms. The number of aliphatic hydroxyl groups excluding tert-OH is 1. The van der Waals surface area contributed by atoms with Crippen molar-refractivity contribution in [1.29, 1.82) is 0 Å². The number of rotatable bonds is 4. The van der Waals surface area contributed by atoms with Crippen LogP contribution in [0.1, 0.15) is 25.5 Å². The van der Waals surface area contributed by atoms with Gasteiger partial charge in [-0.2, -0.15) is 0 Å². The number of hydrogen-bond acceptors (Lipinski definition) is 4. The normalized spacial score (nSPS) is 13.1. The molecule has 0 spiro atoms. The van der Waals surface area contributed by atoms with Crippen molar-refractivity contribution in [3.05, 3.63) is 23.9 Å². The standard InChI is InChI=1S/C12H17N3O/c1-4-12(2,3)15-8-10(16)9-5-6-11(13)14-7-9/h1,5-7,10,15-16H,8H2,2-3H3,(H2,13,14)/t10-/m0/s1. The van der Waals surface area contributed by atoms with E-state index in [9.17, 15) is 5.11 Å². The van der Waals surface area contributed by atoms with Gasteiger partial charge in [0.2, 0.25) is 0 Å². The molecule has 16 heavy (non-hydrogen) atoms. The third-order valence-corrected chi connectivity index (χ3v) is 2.29. The molecule has 4 nitrogen and oxygen atoms in total. The van der Waals surface area contributed by atoms with E-state index < -0.39 is 11.6 Å². The summed E-state index contributed by atoms with van der Waals surface area (Å²) in [5, 5.41) is 12.9. The van der Waals surface area contributed by atoms with Crippen LogP contribution in [0.5, 0.6) is 0 Å². The molecule has 1 heterocycles. The summed E-state index contributed by atoms with van der Waals surface area (Å²) in [4.78, 5) is 3.91. The molecule has 1 aromatic heterocycles. The highest BCUT2D eigenvalue weighted by Gasteiger charge is 2.15. The molecule has 0 aromatic carbocycles. The summed E-state index contributed by atoms with van der Waals surface area (Å²) in [5.74, 6) is 3.04. The third-order valence-electron chi connectivity index (χ3n) is 2.29. The fourth-order valence-electron chi connectivity index (χ4n) is 1.13. The van der Waals surface area contributed by atoms with Gasteiger partial charge in [0, 0.05) is 18.3 Å². The Labute approximate surface area is 95.9 Å². The quantitative estimate of drug-likeness (QED) is 0.652. The molecular formula is C12H17N3O. The monoisotopic (exact) mass is 219 g/mol. The molecule has 1 atom stereocenters. The SMILES string of the molecule is C#CC(C)(C)NC[C@H](O)c1ccc(N)nc1. The van der Waals surface area contributed by atoms with Crippen LogP contribution in [0.4, 0.5) is 5.82 Å². The van der Waals surface area contributed by atoms with Crippen molar-refractivity contribution < 1.29 is 5.11 Å². The molecule has 0 saturated heterocycles.